The first-order valence-electron chi connectivity index (χ1n) is 31.4. The minimum Gasteiger partial charge on any atom is -0.481 e. The number of benzene rings is 4. The minimum absolute atomic E-state index is 0.0190. The fourth-order valence-corrected chi connectivity index (χ4v) is 11.6. The lowest BCUT2D eigenvalue weighted by molar-refractivity contribution is -0.158. The van der Waals surface area contributed by atoms with E-state index in [4.69, 9.17) is 28.7 Å². The van der Waals surface area contributed by atoms with Crippen LogP contribution in [-0.2, 0) is 68.8 Å². The van der Waals surface area contributed by atoms with E-state index in [0.29, 0.717) is 6.42 Å². The molecule has 4 aromatic rings. The van der Waals surface area contributed by atoms with Crippen molar-refractivity contribution in [2.45, 2.75) is 149 Å². The van der Waals surface area contributed by atoms with E-state index in [1.165, 1.54) is 4.90 Å². The number of piperidine rings is 1. The summed E-state index contributed by atoms with van der Waals surface area (Å²) < 4.78 is 0. The highest BCUT2D eigenvalue weighted by molar-refractivity contribution is 5.97. The van der Waals surface area contributed by atoms with Crippen molar-refractivity contribution in [3.05, 3.63) is 144 Å². The van der Waals surface area contributed by atoms with Crippen molar-refractivity contribution in [1.82, 2.24) is 20.9 Å². The molecule has 0 bridgehead atoms. The molecule has 1 saturated heterocycles. The molecule has 1 aliphatic heterocycles. The second kappa shape index (κ2) is 36.2. The lowest BCUT2D eigenvalue weighted by Crippen LogP contribution is -2.52. The van der Waals surface area contributed by atoms with Crippen LogP contribution in [0.15, 0.2) is 131 Å². The number of amides is 4. The van der Waals surface area contributed by atoms with E-state index in [9.17, 15) is 48.3 Å². The van der Waals surface area contributed by atoms with Gasteiger partial charge in [-0.15, -0.1) is 0 Å². The van der Waals surface area contributed by atoms with Crippen molar-refractivity contribution >= 4 is 64.7 Å². The molecule has 0 aliphatic carbocycles. The van der Waals surface area contributed by atoms with Gasteiger partial charge in [0.15, 0.2) is 35.1 Å². The molecule has 21 nitrogen and oxygen atoms in total. The predicted octanol–water partition coefficient (Wildman–Crippen LogP) is 5.17. The first-order valence-corrected chi connectivity index (χ1v) is 31.4. The molecule has 5 rings (SSSR count). The number of likely N-dealkylation sites (tertiary alicyclic amines) is 1. The summed E-state index contributed by atoms with van der Waals surface area (Å²) >= 11 is 0. The predicted molar refractivity (Wildman–Crippen MR) is 348 cm³/mol. The number of carboxylic acids is 1. The van der Waals surface area contributed by atoms with Gasteiger partial charge in [0.2, 0.25) is 23.6 Å². The summed E-state index contributed by atoms with van der Waals surface area (Å²) in [6, 6.07) is 33.0. The summed E-state index contributed by atoms with van der Waals surface area (Å²) in [6.45, 7) is 8.98. The number of nitrogens with zero attached hydrogens (tertiary/aromatic N) is 3. The van der Waals surface area contributed by atoms with Crippen LogP contribution in [0.1, 0.15) is 121 Å². The van der Waals surface area contributed by atoms with E-state index in [-0.39, 0.29) is 144 Å². The molecule has 486 valence electrons. The summed E-state index contributed by atoms with van der Waals surface area (Å²) in [5.74, 6) is -9.01. The SMILES string of the molecule is CC(C)C[C@@H](CC(=O)[C@@H](Cc1ccccc1)NC(=O)[C@H](C)Cc1ccccc1)C(=O)N[C@H](CCN=C(N)N)C(=O)CC1(C(=O)O)CCN(C(=O)[C@@H](CCN=C(N)N)CC(=O)[C@@H](CC(C)C)NC(=O)[C@H](CC(=O)[C@H](N)Cc2ccccc2)Cc2ccccc2)CC1. The molecule has 0 radical (unpaired) electrons. The third kappa shape index (κ3) is 24.1. The Bertz CT molecular complexity index is 3060. The molecule has 4 amide bonds. The standard InChI is InChI=1S/C69H95N11O10/c1-44(2)34-52(42-60(83)57(39-50-24-16-9-17-25-50)78-62(85)46(5)36-47-18-10-6-11-19-47)63(86)77-55(27-31-76-68(73)74)61(84)43-69(66(89)90)28-32-80(33-29-69)65(88)51(26-30-75-67(71)72)40-59(82)56(35-45(3)4)79-64(87)53(37-48-20-12-7-13-21-48)41-58(81)54(70)38-49-22-14-8-15-23-49/h6-25,44-46,51-57H,26-43,70H2,1-5H3,(H,77,86)(H,78,85)(H,79,87)(H,89,90)(H4,71,72,75)(H4,73,74,76)/t46-,51+,52+,53+,54-,55-,56-,57-/m1/s1. The lowest BCUT2D eigenvalue weighted by Gasteiger charge is -2.40. The van der Waals surface area contributed by atoms with E-state index < -0.39 is 94.9 Å². The van der Waals surface area contributed by atoms with Gasteiger partial charge < -0.3 is 54.6 Å². The Labute approximate surface area is 529 Å². The molecular formula is C69H95N11O10. The summed E-state index contributed by atoms with van der Waals surface area (Å²) in [5, 5.41) is 19.7. The van der Waals surface area contributed by atoms with E-state index in [0.717, 1.165) is 22.3 Å². The molecule has 8 atom stereocenters. The second-order valence-electron chi connectivity index (χ2n) is 25.1. The van der Waals surface area contributed by atoms with Crippen LogP contribution in [0.4, 0.5) is 0 Å². The summed E-state index contributed by atoms with van der Waals surface area (Å²) in [4.78, 5) is 138. The average molecular weight is 1240 g/mol. The van der Waals surface area contributed by atoms with Gasteiger partial charge in [-0.05, 0) is 98.3 Å². The molecule has 1 aliphatic rings. The topological polar surface area (TPSA) is 368 Å². The Balaban J connectivity index is 1.32. The largest absolute Gasteiger partial charge is 0.481 e. The van der Waals surface area contributed by atoms with Crippen LogP contribution >= 0.6 is 0 Å². The number of hydrogen-bond donors (Lipinski definition) is 9. The van der Waals surface area contributed by atoms with Crippen molar-refractivity contribution in [2.75, 3.05) is 26.2 Å². The maximum Gasteiger partial charge on any atom is 0.310 e. The molecule has 0 saturated carbocycles. The second-order valence-corrected chi connectivity index (χ2v) is 25.1. The van der Waals surface area contributed by atoms with Crippen LogP contribution in [0.5, 0.6) is 0 Å². The third-order valence-corrected chi connectivity index (χ3v) is 16.6. The summed E-state index contributed by atoms with van der Waals surface area (Å²) in [7, 11) is 0. The number of aliphatic imine (C=N–C) groups is 2. The van der Waals surface area contributed by atoms with Crippen molar-refractivity contribution in [3.8, 4) is 0 Å². The van der Waals surface area contributed by atoms with Crippen LogP contribution in [0.2, 0.25) is 0 Å². The quantitative estimate of drug-likeness (QED) is 0.0206. The third-order valence-electron chi connectivity index (χ3n) is 16.6. The molecule has 1 heterocycles. The first kappa shape index (κ1) is 72.2. The van der Waals surface area contributed by atoms with E-state index in [1.807, 2.05) is 149 Å². The Morgan fingerprint density at radius 1 is 0.489 bits per heavy atom. The zero-order chi connectivity index (χ0) is 65.9. The van der Waals surface area contributed by atoms with Gasteiger partial charge in [-0.3, -0.25) is 53.1 Å². The zero-order valence-corrected chi connectivity index (χ0v) is 52.9. The number of Topliss-reactive ketones (excluding diaryl/α,β-unsaturated/α-hetero) is 4. The number of guanidine groups is 2. The Hall–Kier alpha value is -8.59. The van der Waals surface area contributed by atoms with Crippen molar-refractivity contribution in [2.24, 2.45) is 79.6 Å². The van der Waals surface area contributed by atoms with Crippen LogP contribution in [0, 0.1) is 40.9 Å². The molecule has 90 heavy (non-hydrogen) atoms. The van der Waals surface area contributed by atoms with Gasteiger partial charge in [0.25, 0.3) is 0 Å². The Morgan fingerprint density at radius 3 is 1.41 bits per heavy atom. The average Bonchev–Trinajstić information content (AvgIpc) is 1.15. The molecule has 0 unspecified atom stereocenters. The number of rotatable bonds is 38. The maximum absolute atomic E-state index is 14.7. The number of carbonyl (C=O) groups is 9. The van der Waals surface area contributed by atoms with Crippen molar-refractivity contribution < 1.29 is 48.3 Å². The fraction of sp³-hybridized carbons (Fsp3) is 0.493. The lowest BCUT2D eigenvalue weighted by atomic mass is 9.73. The highest BCUT2D eigenvalue weighted by atomic mass is 16.4. The van der Waals surface area contributed by atoms with Gasteiger partial charge in [-0.25, -0.2) is 0 Å². The molecule has 0 aromatic heterocycles. The van der Waals surface area contributed by atoms with Gasteiger partial charge in [0.05, 0.1) is 29.6 Å². The van der Waals surface area contributed by atoms with Gasteiger partial charge in [0.1, 0.15) is 0 Å². The molecule has 1 fully saturated rings. The number of aliphatic carboxylic acids is 1. The molecular weight excluding hydrogens is 1140 g/mol. The van der Waals surface area contributed by atoms with Gasteiger partial charge >= 0.3 is 5.97 Å². The smallest absolute Gasteiger partial charge is 0.310 e. The molecule has 14 N–H and O–H groups in total. The number of hydrogen-bond acceptors (Lipinski definition) is 12. The molecule has 0 spiro atoms. The number of carboxylic acid groups (broad SMARTS) is 1. The van der Waals surface area contributed by atoms with E-state index in [2.05, 4.69) is 25.9 Å². The van der Waals surface area contributed by atoms with Crippen LogP contribution < -0.4 is 44.6 Å². The molecule has 21 heteroatoms. The number of nitrogens with one attached hydrogen (secondary N) is 3. The monoisotopic (exact) mass is 1240 g/mol. The zero-order valence-electron chi connectivity index (χ0n) is 52.9. The van der Waals surface area contributed by atoms with Gasteiger partial charge in [-0.1, -0.05) is 156 Å². The van der Waals surface area contributed by atoms with Crippen LogP contribution in [0.3, 0.4) is 0 Å². The normalized spacial score (nSPS) is 15.5. The van der Waals surface area contributed by atoms with Crippen molar-refractivity contribution in [1.29, 1.82) is 0 Å². The Morgan fingerprint density at radius 2 is 0.911 bits per heavy atom. The van der Waals surface area contributed by atoms with E-state index >= 15 is 0 Å². The number of nitrogens with two attached hydrogens (primary N) is 5. The van der Waals surface area contributed by atoms with Crippen LogP contribution in [0.25, 0.3) is 0 Å². The van der Waals surface area contributed by atoms with Gasteiger partial charge in [-0.2, -0.15) is 0 Å². The summed E-state index contributed by atoms with van der Waals surface area (Å²) in [6.07, 6.45) is -0.247. The highest BCUT2D eigenvalue weighted by Crippen LogP contribution is 2.37. The maximum atomic E-state index is 14.7. The first-order chi connectivity index (χ1) is 42.8. The van der Waals surface area contributed by atoms with E-state index in [1.54, 1.807) is 6.92 Å². The molecule has 4 aromatic carbocycles. The van der Waals surface area contributed by atoms with Gasteiger partial charge in [0, 0.05) is 75.5 Å². The number of ketones is 4. The fourth-order valence-electron chi connectivity index (χ4n) is 11.6. The van der Waals surface area contributed by atoms with Crippen LogP contribution in [-0.4, -0.2) is 125 Å². The number of carbonyl (C=O) groups excluding carboxylic acids is 8. The minimum atomic E-state index is -1.69. The highest BCUT2D eigenvalue weighted by Gasteiger charge is 2.46. The van der Waals surface area contributed by atoms with Crippen molar-refractivity contribution in [3.63, 3.8) is 0 Å². The Kier molecular flexibility index (Phi) is 29.0. The summed E-state index contributed by atoms with van der Waals surface area (Å²) in [5.41, 5.74) is 30.8.